The second kappa shape index (κ2) is 13.2. The molecule has 0 bridgehead atoms. The van der Waals surface area contributed by atoms with Gasteiger partial charge in [0.15, 0.2) is 11.6 Å². The van der Waals surface area contributed by atoms with Crippen LogP contribution in [0.25, 0.3) is 11.1 Å². The zero-order valence-corrected chi connectivity index (χ0v) is 26.0. The number of methoxy groups -OCH3 is 2. The molecular formula is C33H32F5N3O3S. The number of rotatable bonds is 10. The van der Waals surface area contributed by atoms with Crippen LogP contribution in [0.2, 0.25) is 0 Å². The average Bonchev–Trinajstić information content (AvgIpc) is 3.42. The number of hydrogen-bond acceptors (Lipinski definition) is 6. The van der Waals surface area contributed by atoms with Gasteiger partial charge in [0.25, 0.3) is 5.56 Å². The molecule has 1 aliphatic rings. The maximum atomic E-state index is 15.6. The van der Waals surface area contributed by atoms with Gasteiger partial charge >= 0.3 is 6.18 Å². The summed E-state index contributed by atoms with van der Waals surface area (Å²) in [4.78, 5) is 20.7. The molecule has 2 aromatic carbocycles. The van der Waals surface area contributed by atoms with Crippen LogP contribution in [0.1, 0.15) is 34.0 Å². The molecule has 0 saturated carbocycles. The van der Waals surface area contributed by atoms with Crippen molar-refractivity contribution in [3.05, 3.63) is 105 Å². The van der Waals surface area contributed by atoms with Crippen molar-refractivity contribution >= 4 is 11.8 Å². The maximum Gasteiger partial charge on any atom is 0.416 e. The number of ether oxygens (including phenoxy) is 2. The van der Waals surface area contributed by atoms with Gasteiger partial charge < -0.3 is 14.4 Å². The van der Waals surface area contributed by atoms with E-state index in [1.54, 1.807) is 26.3 Å². The van der Waals surface area contributed by atoms with Crippen molar-refractivity contribution in [1.29, 1.82) is 0 Å². The van der Waals surface area contributed by atoms with Gasteiger partial charge in [-0.05, 0) is 55.4 Å². The van der Waals surface area contributed by atoms with Gasteiger partial charge in [0.1, 0.15) is 11.6 Å². The first-order chi connectivity index (χ1) is 21.5. The molecule has 1 atom stereocenters. The highest BCUT2D eigenvalue weighted by Crippen LogP contribution is 2.42. The fraction of sp³-hybridized carbons (Fsp3) is 0.333. The first kappa shape index (κ1) is 32.5. The molecule has 0 saturated heterocycles. The van der Waals surface area contributed by atoms with E-state index >= 15 is 8.78 Å². The van der Waals surface area contributed by atoms with E-state index in [1.165, 1.54) is 41.6 Å². The molecule has 6 nitrogen and oxygen atoms in total. The lowest BCUT2D eigenvalue weighted by Gasteiger charge is -2.25. The van der Waals surface area contributed by atoms with E-state index in [4.69, 9.17) is 9.47 Å². The molecule has 238 valence electrons. The summed E-state index contributed by atoms with van der Waals surface area (Å²) in [5, 5.41) is 0.450. The van der Waals surface area contributed by atoms with Crippen LogP contribution in [0.4, 0.5) is 22.0 Å². The first-order valence-corrected chi connectivity index (χ1v) is 15.2. The normalized spacial score (nSPS) is 14.6. The summed E-state index contributed by atoms with van der Waals surface area (Å²) in [6.07, 6.45) is -2.97. The summed E-state index contributed by atoms with van der Waals surface area (Å²) >= 11 is 1.33. The fourth-order valence-electron chi connectivity index (χ4n) is 5.81. The Morgan fingerprint density at radius 2 is 1.73 bits per heavy atom. The van der Waals surface area contributed by atoms with Crippen molar-refractivity contribution in [3.8, 4) is 22.6 Å². The van der Waals surface area contributed by atoms with Gasteiger partial charge in [0.2, 0.25) is 0 Å². The van der Waals surface area contributed by atoms with Crippen LogP contribution >= 0.6 is 11.8 Å². The molecular weight excluding hydrogens is 613 g/mol. The molecule has 45 heavy (non-hydrogen) atoms. The van der Waals surface area contributed by atoms with Crippen molar-refractivity contribution in [3.63, 3.8) is 0 Å². The van der Waals surface area contributed by atoms with Crippen LogP contribution in [0.5, 0.6) is 11.5 Å². The Labute approximate surface area is 261 Å². The van der Waals surface area contributed by atoms with E-state index in [9.17, 15) is 18.0 Å². The Kier molecular flexibility index (Phi) is 9.54. The molecule has 0 N–H and O–H groups in total. The maximum absolute atomic E-state index is 15.6. The monoisotopic (exact) mass is 645 g/mol. The Bertz CT molecular complexity index is 1780. The zero-order valence-electron chi connectivity index (χ0n) is 25.2. The van der Waals surface area contributed by atoms with Gasteiger partial charge in [-0.15, -0.1) is 11.8 Å². The Balaban J connectivity index is 1.60. The third kappa shape index (κ3) is 6.44. The van der Waals surface area contributed by atoms with Gasteiger partial charge in [-0.3, -0.25) is 14.3 Å². The molecule has 2 aromatic heterocycles. The predicted octanol–water partition coefficient (Wildman–Crippen LogP) is 6.95. The number of pyridine rings is 2. The number of thioether (sulfide) groups is 1. The van der Waals surface area contributed by atoms with Crippen molar-refractivity contribution in [2.75, 3.05) is 40.1 Å². The molecule has 0 fully saturated rings. The molecule has 0 radical (unpaired) electrons. The topological polar surface area (TPSA) is 56.6 Å². The second-order valence-electron chi connectivity index (χ2n) is 10.9. The smallest absolute Gasteiger partial charge is 0.416 e. The SMILES string of the molecule is COc1cccnc1CCN(C)CC1CSc2c(Cc3c(F)cccc3C(F)(F)F)c(C)c(-c3cccc(OC)c3F)c(=O)n21. The summed E-state index contributed by atoms with van der Waals surface area (Å²) in [5.41, 5.74) is -0.716. The largest absolute Gasteiger partial charge is 0.495 e. The molecule has 0 spiro atoms. The minimum absolute atomic E-state index is 0.00317. The van der Waals surface area contributed by atoms with E-state index < -0.39 is 40.9 Å². The molecule has 5 rings (SSSR count). The Morgan fingerprint density at radius 1 is 1.02 bits per heavy atom. The summed E-state index contributed by atoms with van der Waals surface area (Å²) < 4.78 is 84.8. The highest BCUT2D eigenvalue weighted by atomic mass is 32.2. The van der Waals surface area contributed by atoms with E-state index in [0.29, 0.717) is 47.2 Å². The molecule has 12 heteroatoms. The lowest BCUT2D eigenvalue weighted by atomic mass is 9.92. The van der Waals surface area contributed by atoms with Gasteiger partial charge in [-0.1, -0.05) is 18.2 Å². The third-order valence-electron chi connectivity index (χ3n) is 8.07. The van der Waals surface area contributed by atoms with Gasteiger partial charge in [0.05, 0.1) is 42.1 Å². The summed E-state index contributed by atoms with van der Waals surface area (Å²) in [6.45, 7) is 2.57. The lowest BCUT2D eigenvalue weighted by Crippen LogP contribution is -2.35. The summed E-state index contributed by atoms with van der Waals surface area (Å²) in [5.74, 6) is -0.737. The van der Waals surface area contributed by atoms with Crippen molar-refractivity contribution < 1.29 is 31.4 Å². The number of likely N-dealkylation sites (N-methyl/N-ethyl adjacent to an activating group) is 1. The Hall–Kier alpha value is -3.90. The summed E-state index contributed by atoms with van der Waals surface area (Å²) in [6, 6.07) is 10.5. The molecule has 1 aliphatic heterocycles. The predicted molar refractivity (Wildman–Crippen MR) is 163 cm³/mol. The van der Waals surface area contributed by atoms with Gasteiger partial charge in [0, 0.05) is 49.0 Å². The van der Waals surface area contributed by atoms with Crippen LogP contribution in [0, 0.1) is 18.6 Å². The number of fused-ring (bicyclic) bond motifs is 1. The van der Waals surface area contributed by atoms with Crippen LogP contribution in [0.3, 0.4) is 0 Å². The number of hydrogen-bond donors (Lipinski definition) is 0. The number of benzene rings is 2. The Morgan fingerprint density at radius 3 is 2.44 bits per heavy atom. The molecule has 0 aliphatic carbocycles. The molecule has 0 amide bonds. The number of aromatic nitrogens is 2. The standard InChI is InChI=1S/C33H32F5N3O3S/c1-19-22(16-23-24(33(36,37)38)9-6-10-25(23)34)32-41(31(42)29(19)21-8-5-11-28(44-4)30(21)35)20(18-45-32)17-40(2)15-13-26-27(43-3)12-7-14-39-26/h5-12,14,20H,13,15-18H2,1-4H3. The van der Waals surface area contributed by atoms with Crippen molar-refractivity contribution in [1.82, 2.24) is 14.5 Å². The van der Waals surface area contributed by atoms with Crippen molar-refractivity contribution in [2.24, 2.45) is 0 Å². The highest BCUT2D eigenvalue weighted by molar-refractivity contribution is 7.99. The van der Waals surface area contributed by atoms with E-state index in [0.717, 1.165) is 23.9 Å². The van der Waals surface area contributed by atoms with Gasteiger partial charge in [-0.2, -0.15) is 13.2 Å². The van der Waals surface area contributed by atoms with E-state index in [1.807, 2.05) is 18.0 Å². The molecule has 3 heterocycles. The van der Waals surface area contributed by atoms with Crippen molar-refractivity contribution in [2.45, 2.75) is 37.0 Å². The first-order valence-electron chi connectivity index (χ1n) is 14.2. The van der Waals surface area contributed by atoms with Crippen LogP contribution in [-0.4, -0.2) is 54.6 Å². The van der Waals surface area contributed by atoms with Gasteiger partial charge in [-0.25, -0.2) is 8.78 Å². The highest BCUT2D eigenvalue weighted by Gasteiger charge is 2.37. The molecule has 4 aromatic rings. The quantitative estimate of drug-likeness (QED) is 0.174. The minimum atomic E-state index is -4.80. The van der Waals surface area contributed by atoms with E-state index in [2.05, 4.69) is 4.98 Å². The molecule has 1 unspecified atom stereocenters. The number of nitrogens with zero attached hydrogens (tertiary/aromatic N) is 3. The minimum Gasteiger partial charge on any atom is -0.495 e. The summed E-state index contributed by atoms with van der Waals surface area (Å²) in [7, 11) is 4.77. The lowest BCUT2D eigenvalue weighted by molar-refractivity contribution is -0.138. The third-order valence-corrected chi connectivity index (χ3v) is 9.33. The second-order valence-corrected chi connectivity index (χ2v) is 11.9. The zero-order chi connectivity index (χ0) is 32.5. The van der Waals surface area contributed by atoms with Crippen LogP contribution in [0.15, 0.2) is 64.5 Å². The number of halogens is 5. The number of alkyl halides is 3. The van der Waals surface area contributed by atoms with E-state index in [-0.39, 0.29) is 22.9 Å². The average molecular weight is 646 g/mol. The van der Waals surface area contributed by atoms with Crippen LogP contribution < -0.4 is 15.0 Å². The fourth-order valence-corrected chi connectivity index (χ4v) is 7.19. The van der Waals surface area contributed by atoms with Crippen LogP contribution in [-0.2, 0) is 19.0 Å².